The molecule has 0 fully saturated rings. The number of rotatable bonds is 1. The van der Waals surface area contributed by atoms with E-state index in [4.69, 9.17) is 28.3 Å². The van der Waals surface area contributed by atoms with E-state index in [-0.39, 0.29) is 0 Å². The second kappa shape index (κ2) is 6.52. The molecule has 0 bridgehead atoms. The highest BCUT2D eigenvalue weighted by Gasteiger charge is 1.89. The fourth-order valence-corrected chi connectivity index (χ4v) is 0.711. The van der Waals surface area contributed by atoms with Gasteiger partial charge in [0.05, 0.1) is 10.0 Å². The lowest BCUT2D eigenvalue weighted by atomic mass is 10.4. The number of carboxylic acid groups (broad SMARTS) is 1. The Balaban J connectivity index is 0.000000252. The van der Waals surface area contributed by atoms with Gasteiger partial charge in [-0.25, -0.2) is 4.79 Å². The van der Waals surface area contributed by atoms with Crippen LogP contribution < -0.4 is 0 Å². The molecule has 1 aromatic rings. The number of carbonyl (C=O) groups is 1. The summed E-state index contributed by atoms with van der Waals surface area (Å²) in [5.41, 5.74) is 0. The molecule has 0 heterocycles. The van der Waals surface area contributed by atoms with Crippen LogP contribution in [0.25, 0.3) is 0 Å². The monoisotopic (exact) mass is 218 g/mol. The van der Waals surface area contributed by atoms with E-state index in [2.05, 4.69) is 6.58 Å². The van der Waals surface area contributed by atoms with Crippen molar-refractivity contribution in [3.8, 4) is 0 Å². The van der Waals surface area contributed by atoms with Gasteiger partial charge in [-0.15, -0.1) is 0 Å². The van der Waals surface area contributed by atoms with E-state index in [1.807, 2.05) is 12.1 Å². The molecule has 0 radical (unpaired) electrons. The predicted molar refractivity (Wildman–Crippen MR) is 54.3 cm³/mol. The summed E-state index contributed by atoms with van der Waals surface area (Å²) in [5.74, 6) is -0.981. The first-order valence-corrected chi connectivity index (χ1v) is 4.09. The van der Waals surface area contributed by atoms with Crippen molar-refractivity contribution in [3.05, 3.63) is 47.0 Å². The predicted octanol–water partition coefficient (Wildman–Crippen LogP) is 3.25. The third kappa shape index (κ3) is 6.20. The Hall–Kier alpha value is -0.990. The quantitative estimate of drug-likeness (QED) is 0.736. The average Bonchev–Trinajstić information content (AvgIpc) is 2.11. The summed E-state index contributed by atoms with van der Waals surface area (Å²) >= 11 is 11.2. The third-order valence-electron chi connectivity index (χ3n) is 0.999. The lowest BCUT2D eigenvalue weighted by Gasteiger charge is -1.88. The van der Waals surface area contributed by atoms with Crippen molar-refractivity contribution in [3.63, 3.8) is 0 Å². The Morgan fingerprint density at radius 2 is 1.62 bits per heavy atom. The van der Waals surface area contributed by atoms with E-state index in [0.29, 0.717) is 10.0 Å². The standard InChI is InChI=1S/C6H4Cl2.C3H4O2/c7-5-3-1-2-4-6(5)8;1-2-3(4)5/h1-4H;2H,1H2,(H,4,5). The molecule has 0 aliphatic carbocycles. The molecule has 0 aliphatic rings. The minimum Gasteiger partial charge on any atom is -0.478 e. The maximum absolute atomic E-state index is 9.25. The summed E-state index contributed by atoms with van der Waals surface area (Å²) in [4.78, 5) is 9.25. The summed E-state index contributed by atoms with van der Waals surface area (Å²) in [6.07, 6.45) is 0.833. The highest BCUT2D eigenvalue weighted by atomic mass is 35.5. The van der Waals surface area contributed by atoms with E-state index in [1.54, 1.807) is 12.1 Å². The zero-order valence-corrected chi connectivity index (χ0v) is 8.22. The first-order chi connectivity index (χ1) is 6.07. The van der Waals surface area contributed by atoms with Crippen molar-refractivity contribution < 1.29 is 9.90 Å². The van der Waals surface area contributed by atoms with Crippen molar-refractivity contribution in [2.24, 2.45) is 0 Å². The van der Waals surface area contributed by atoms with Gasteiger partial charge in [0, 0.05) is 6.08 Å². The SMILES string of the molecule is C=CC(=O)O.Clc1ccccc1Cl. The molecule has 13 heavy (non-hydrogen) atoms. The fraction of sp³-hybridized carbons (Fsp3) is 0. The lowest BCUT2D eigenvalue weighted by Crippen LogP contribution is -1.82. The first kappa shape index (κ1) is 12.0. The smallest absolute Gasteiger partial charge is 0.327 e. The third-order valence-corrected chi connectivity index (χ3v) is 1.75. The minimum atomic E-state index is -0.981. The van der Waals surface area contributed by atoms with Gasteiger partial charge in [-0.05, 0) is 12.1 Å². The Labute approximate surface area is 86.4 Å². The number of halogens is 2. The molecule has 0 spiro atoms. The highest BCUT2D eigenvalue weighted by Crippen LogP contribution is 2.19. The van der Waals surface area contributed by atoms with Gasteiger partial charge in [-0.1, -0.05) is 41.9 Å². The normalized spacial score (nSPS) is 8.15. The highest BCUT2D eigenvalue weighted by molar-refractivity contribution is 6.41. The zero-order chi connectivity index (χ0) is 10.3. The molecule has 2 nitrogen and oxygen atoms in total. The molecule has 0 aromatic heterocycles. The van der Waals surface area contributed by atoms with E-state index in [1.165, 1.54) is 0 Å². The fourth-order valence-electron chi connectivity index (χ4n) is 0.439. The van der Waals surface area contributed by atoms with Crippen LogP contribution in [-0.2, 0) is 4.79 Å². The van der Waals surface area contributed by atoms with Crippen molar-refractivity contribution in [1.82, 2.24) is 0 Å². The van der Waals surface area contributed by atoms with Gasteiger partial charge in [0.2, 0.25) is 0 Å². The van der Waals surface area contributed by atoms with E-state index < -0.39 is 5.97 Å². The molecule has 0 aliphatic heterocycles. The Kier molecular flexibility index (Phi) is 6.02. The second-order valence-corrected chi connectivity index (χ2v) is 2.77. The molecule has 4 heteroatoms. The van der Waals surface area contributed by atoms with Gasteiger partial charge in [0.1, 0.15) is 0 Å². The first-order valence-electron chi connectivity index (χ1n) is 3.33. The molecular weight excluding hydrogens is 211 g/mol. The average molecular weight is 219 g/mol. The summed E-state index contributed by atoms with van der Waals surface area (Å²) in [5, 5.41) is 8.82. The van der Waals surface area contributed by atoms with Crippen molar-refractivity contribution in [2.75, 3.05) is 0 Å². The van der Waals surface area contributed by atoms with Gasteiger partial charge >= 0.3 is 5.97 Å². The number of hydrogen-bond acceptors (Lipinski definition) is 1. The maximum Gasteiger partial charge on any atom is 0.327 e. The lowest BCUT2D eigenvalue weighted by molar-refractivity contribution is -0.131. The Morgan fingerprint density at radius 1 is 1.31 bits per heavy atom. The van der Waals surface area contributed by atoms with Gasteiger partial charge in [-0.2, -0.15) is 0 Å². The molecule has 1 N–H and O–H groups in total. The summed E-state index contributed by atoms with van der Waals surface area (Å²) < 4.78 is 0. The number of carboxylic acids is 1. The summed E-state index contributed by atoms with van der Waals surface area (Å²) in [6.45, 7) is 2.96. The topological polar surface area (TPSA) is 37.3 Å². The molecule has 0 unspecified atom stereocenters. The second-order valence-electron chi connectivity index (χ2n) is 1.96. The molecular formula is C9H8Cl2O2. The van der Waals surface area contributed by atoms with Crippen LogP contribution in [0.15, 0.2) is 36.9 Å². The number of aliphatic carboxylic acids is 1. The van der Waals surface area contributed by atoms with Crippen molar-refractivity contribution in [1.29, 1.82) is 0 Å². The van der Waals surface area contributed by atoms with Crippen LogP contribution in [0.2, 0.25) is 10.0 Å². The summed E-state index contributed by atoms with van der Waals surface area (Å²) in [7, 11) is 0. The zero-order valence-electron chi connectivity index (χ0n) is 6.71. The maximum atomic E-state index is 9.25. The number of benzene rings is 1. The van der Waals surface area contributed by atoms with Crippen LogP contribution in [0.4, 0.5) is 0 Å². The van der Waals surface area contributed by atoms with Crippen molar-refractivity contribution in [2.45, 2.75) is 0 Å². The van der Waals surface area contributed by atoms with Gasteiger partial charge < -0.3 is 5.11 Å². The Morgan fingerprint density at radius 3 is 1.77 bits per heavy atom. The van der Waals surface area contributed by atoms with Crippen LogP contribution in [0.3, 0.4) is 0 Å². The van der Waals surface area contributed by atoms with Crippen LogP contribution in [0, 0.1) is 0 Å². The Bertz CT molecular complexity index is 276. The number of hydrogen-bond donors (Lipinski definition) is 1. The molecule has 0 atom stereocenters. The van der Waals surface area contributed by atoms with Crippen LogP contribution in [-0.4, -0.2) is 11.1 Å². The van der Waals surface area contributed by atoms with Gasteiger partial charge in [-0.3, -0.25) is 0 Å². The minimum absolute atomic E-state index is 0.606. The van der Waals surface area contributed by atoms with Crippen molar-refractivity contribution >= 4 is 29.2 Å². The van der Waals surface area contributed by atoms with E-state index >= 15 is 0 Å². The van der Waals surface area contributed by atoms with Crippen LogP contribution in [0.5, 0.6) is 0 Å². The van der Waals surface area contributed by atoms with Gasteiger partial charge in [0.25, 0.3) is 0 Å². The molecule has 0 saturated carbocycles. The molecule has 0 saturated heterocycles. The van der Waals surface area contributed by atoms with Crippen LogP contribution in [0.1, 0.15) is 0 Å². The molecule has 70 valence electrons. The summed E-state index contributed by atoms with van der Waals surface area (Å²) in [6, 6.07) is 7.19. The van der Waals surface area contributed by atoms with E-state index in [0.717, 1.165) is 6.08 Å². The largest absolute Gasteiger partial charge is 0.478 e. The molecule has 1 aromatic carbocycles. The van der Waals surface area contributed by atoms with Crippen LogP contribution >= 0.6 is 23.2 Å². The molecule has 1 rings (SSSR count). The van der Waals surface area contributed by atoms with Gasteiger partial charge in [0.15, 0.2) is 0 Å². The van der Waals surface area contributed by atoms with E-state index in [9.17, 15) is 4.79 Å². The molecule has 0 amide bonds.